The van der Waals surface area contributed by atoms with Gasteiger partial charge in [-0.1, -0.05) is 6.07 Å². The minimum Gasteiger partial charge on any atom is -0.497 e. The Morgan fingerprint density at radius 1 is 1.08 bits per heavy atom. The van der Waals surface area contributed by atoms with Gasteiger partial charge < -0.3 is 14.5 Å². The minimum atomic E-state index is 0.177. The lowest BCUT2D eigenvalue weighted by atomic mass is 9.96. The van der Waals surface area contributed by atoms with Gasteiger partial charge in [0.1, 0.15) is 5.75 Å². The van der Waals surface area contributed by atoms with E-state index in [9.17, 15) is 4.79 Å². The highest BCUT2D eigenvalue weighted by Gasteiger charge is 2.23. The van der Waals surface area contributed by atoms with Gasteiger partial charge in [-0.05, 0) is 25.0 Å². The van der Waals surface area contributed by atoms with Crippen LogP contribution in [0.2, 0.25) is 0 Å². The maximum Gasteiger partial charge on any atom is 0.225 e. The van der Waals surface area contributed by atoms with Crippen molar-refractivity contribution < 1.29 is 9.53 Å². The first-order valence-corrected chi connectivity index (χ1v) is 8.77. The molecule has 0 N–H and O–H groups in total. The van der Waals surface area contributed by atoms with Gasteiger partial charge in [0.25, 0.3) is 0 Å². The third kappa shape index (κ3) is 3.16. The lowest BCUT2D eigenvalue weighted by Gasteiger charge is -2.36. The van der Waals surface area contributed by atoms with E-state index < -0.39 is 0 Å². The summed E-state index contributed by atoms with van der Waals surface area (Å²) in [4.78, 5) is 25.6. The second-order valence-corrected chi connectivity index (χ2v) is 6.48. The Kier molecular flexibility index (Phi) is 4.26. The molecular formula is C19H22N4O2. The molecule has 1 aromatic heterocycles. The first-order chi connectivity index (χ1) is 12.2. The molecule has 0 saturated carbocycles. The molecule has 6 heteroatoms. The monoisotopic (exact) mass is 338 g/mol. The molecule has 25 heavy (non-hydrogen) atoms. The quantitative estimate of drug-likeness (QED) is 0.856. The molecule has 1 aliphatic carbocycles. The number of anilines is 2. The number of ketones is 1. The van der Waals surface area contributed by atoms with Crippen LogP contribution in [0.15, 0.2) is 30.5 Å². The van der Waals surface area contributed by atoms with E-state index >= 15 is 0 Å². The van der Waals surface area contributed by atoms with Crippen LogP contribution in [0.3, 0.4) is 0 Å². The van der Waals surface area contributed by atoms with Crippen molar-refractivity contribution in [3.05, 3.63) is 41.7 Å². The molecule has 0 radical (unpaired) electrons. The molecular weight excluding hydrogens is 316 g/mol. The van der Waals surface area contributed by atoms with Crippen LogP contribution in [-0.4, -0.2) is 49.0 Å². The Bertz CT molecular complexity index is 785. The summed E-state index contributed by atoms with van der Waals surface area (Å²) < 4.78 is 5.31. The van der Waals surface area contributed by atoms with Crippen LogP contribution in [0.4, 0.5) is 11.6 Å². The zero-order chi connectivity index (χ0) is 17.2. The lowest BCUT2D eigenvalue weighted by Crippen LogP contribution is -2.47. The molecule has 0 spiro atoms. The van der Waals surface area contributed by atoms with Gasteiger partial charge in [0, 0.05) is 50.6 Å². The molecule has 1 aliphatic heterocycles. The van der Waals surface area contributed by atoms with Gasteiger partial charge in [-0.15, -0.1) is 0 Å². The number of aromatic nitrogens is 2. The maximum absolute atomic E-state index is 11.9. The summed E-state index contributed by atoms with van der Waals surface area (Å²) in [5.41, 5.74) is 2.80. The molecule has 2 aliphatic rings. The number of carbonyl (C=O) groups excluding carboxylic acids is 1. The van der Waals surface area contributed by atoms with Crippen LogP contribution in [0.25, 0.3) is 0 Å². The molecule has 0 bridgehead atoms. The third-order valence-corrected chi connectivity index (χ3v) is 4.95. The molecule has 2 heterocycles. The molecule has 1 fully saturated rings. The molecule has 0 unspecified atom stereocenters. The minimum absolute atomic E-state index is 0.177. The van der Waals surface area contributed by atoms with E-state index in [0.717, 1.165) is 56.4 Å². The standard InChI is InChI=1S/C19H22N4O2/c1-25-15-5-2-4-14(12-15)22-8-10-23(11-9-22)19-20-13-16-17(21-19)6-3-7-18(16)24/h2,4-5,12-13H,3,6-11H2,1H3. The topological polar surface area (TPSA) is 58.6 Å². The number of ether oxygens (including phenoxy) is 1. The zero-order valence-electron chi connectivity index (χ0n) is 14.4. The SMILES string of the molecule is COc1cccc(N2CCN(c3ncc4c(n3)CCCC4=O)CC2)c1. The number of piperazine rings is 1. The maximum atomic E-state index is 11.9. The number of benzene rings is 1. The van der Waals surface area contributed by atoms with E-state index in [2.05, 4.69) is 31.9 Å². The second kappa shape index (κ2) is 6.70. The van der Waals surface area contributed by atoms with Crippen molar-refractivity contribution in [2.75, 3.05) is 43.1 Å². The number of fused-ring (bicyclic) bond motifs is 1. The predicted octanol–water partition coefficient (Wildman–Crippen LogP) is 2.33. The van der Waals surface area contributed by atoms with Crippen molar-refractivity contribution in [2.24, 2.45) is 0 Å². The Labute approximate surface area is 147 Å². The number of Topliss-reactive ketones (excluding diaryl/α,β-unsaturated/α-hetero) is 1. The second-order valence-electron chi connectivity index (χ2n) is 6.48. The number of rotatable bonds is 3. The average molecular weight is 338 g/mol. The summed E-state index contributed by atoms with van der Waals surface area (Å²) in [6, 6.07) is 8.15. The van der Waals surface area contributed by atoms with Gasteiger partial charge in [0.15, 0.2) is 5.78 Å². The van der Waals surface area contributed by atoms with E-state index in [1.807, 2.05) is 12.1 Å². The number of aryl methyl sites for hydroxylation is 1. The molecule has 1 aromatic carbocycles. The van der Waals surface area contributed by atoms with Crippen LogP contribution < -0.4 is 14.5 Å². The molecule has 2 aromatic rings. The van der Waals surface area contributed by atoms with Crippen molar-refractivity contribution in [3.8, 4) is 5.75 Å². The smallest absolute Gasteiger partial charge is 0.225 e. The number of carbonyl (C=O) groups is 1. The van der Waals surface area contributed by atoms with Crippen LogP contribution in [0.5, 0.6) is 5.75 Å². The Morgan fingerprint density at radius 2 is 1.88 bits per heavy atom. The molecule has 1 saturated heterocycles. The predicted molar refractivity (Wildman–Crippen MR) is 96.7 cm³/mol. The van der Waals surface area contributed by atoms with E-state index in [0.29, 0.717) is 12.0 Å². The number of hydrogen-bond donors (Lipinski definition) is 0. The van der Waals surface area contributed by atoms with Gasteiger partial charge in [-0.3, -0.25) is 4.79 Å². The van der Waals surface area contributed by atoms with Gasteiger partial charge >= 0.3 is 0 Å². The molecule has 0 amide bonds. The molecule has 130 valence electrons. The first-order valence-electron chi connectivity index (χ1n) is 8.77. The third-order valence-electron chi connectivity index (χ3n) is 4.95. The highest BCUT2D eigenvalue weighted by molar-refractivity contribution is 5.97. The van der Waals surface area contributed by atoms with Crippen LogP contribution in [0.1, 0.15) is 28.9 Å². The average Bonchev–Trinajstić information content (AvgIpc) is 2.68. The first kappa shape index (κ1) is 15.9. The zero-order valence-corrected chi connectivity index (χ0v) is 14.4. The highest BCUT2D eigenvalue weighted by Crippen LogP contribution is 2.24. The highest BCUT2D eigenvalue weighted by atomic mass is 16.5. The summed E-state index contributed by atoms with van der Waals surface area (Å²) in [5, 5.41) is 0. The lowest BCUT2D eigenvalue weighted by molar-refractivity contribution is 0.0971. The Balaban J connectivity index is 1.46. The Hall–Kier alpha value is -2.63. The fourth-order valence-electron chi connectivity index (χ4n) is 3.51. The van der Waals surface area contributed by atoms with Gasteiger partial charge in [0.05, 0.1) is 18.4 Å². The van der Waals surface area contributed by atoms with Crippen molar-refractivity contribution >= 4 is 17.4 Å². The van der Waals surface area contributed by atoms with Crippen molar-refractivity contribution in [1.82, 2.24) is 9.97 Å². The summed E-state index contributed by atoms with van der Waals surface area (Å²) in [6.07, 6.45) is 4.11. The van der Waals surface area contributed by atoms with Crippen molar-refractivity contribution in [1.29, 1.82) is 0 Å². The fourth-order valence-corrected chi connectivity index (χ4v) is 3.51. The van der Waals surface area contributed by atoms with E-state index in [1.165, 1.54) is 5.69 Å². The number of nitrogens with zero attached hydrogens (tertiary/aromatic N) is 4. The van der Waals surface area contributed by atoms with Crippen molar-refractivity contribution in [2.45, 2.75) is 19.3 Å². The summed E-state index contributed by atoms with van der Waals surface area (Å²) in [6.45, 7) is 3.55. The molecule has 6 nitrogen and oxygen atoms in total. The van der Waals surface area contributed by atoms with Gasteiger partial charge in [-0.2, -0.15) is 0 Å². The molecule has 0 atom stereocenters. The summed E-state index contributed by atoms with van der Waals surface area (Å²) >= 11 is 0. The van der Waals surface area contributed by atoms with Crippen LogP contribution in [0, 0.1) is 0 Å². The van der Waals surface area contributed by atoms with Crippen LogP contribution >= 0.6 is 0 Å². The largest absolute Gasteiger partial charge is 0.497 e. The van der Waals surface area contributed by atoms with E-state index in [1.54, 1.807) is 13.3 Å². The van der Waals surface area contributed by atoms with E-state index in [-0.39, 0.29) is 5.78 Å². The summed E-state index contributed by atoms with van der Waals surface area (Å²) in [7, 11) is 1.69. The normalized spacial score (nSPS) is 17.4. The fraction of sp³-hybridized carbons (Fsp3) is 0.421. The number of methoxy groups -OCH3 is 1. The number of hydrogen-bond acceptors (Lipinski definition) is 6. The van der Waals surface area contributed by atoms with Gasteiger partial charge in [-0.25, -0.2) is 9.97 Å². The van der Waals surface area contributed by atoms with Crippen LogP contribution in [-0.2, 0) is 6.42 Å². The van der Waals surface area contributed by atoms with Gasteiger partial charge in [0.2, 0.25) is 5.95 Å². The summed E-state index contributed by atoms with van der Waals surface area (Å²) in [5.74, 6) is 1.80. The molecule has 4 rings (SSSR count). The Morgan fingerprint density at radius 3 is 2.68 bits per heavy atom. The van der Waals surface area contributed by atoms with Crippen molar-refractivity contribution in [3.63, 3.8) is 0 Å². The van der Waals surface area contributed by atoms with E-state index in [4.69, 9.17) is 4.74 Å².